The summed E-state index contributed by atoms with van der Waals surface area (Å²) in [5.41, 5.74) is 5.34. The molecular formula is C12H17N3O5. The van der Waals surface area contributed by atoms with Crippen molar-refractivity contribution < 1.29 is 19.9 Å². The number of nitrogens with zero attached hydrogens (tertiary/aromatic N) is 2. The largest absolute Gasteiger partial charge is 0.395 e. The van der Waals surface area contributed by atoms with E-state index in [0.717, 1.165) is 6.07 Å². The van der Waals surface area contributed by atoms with E-state index < -0.39 is 10.8 Å². The molecule has 4 N–H and O–H groups in total. The topological polar surface area (TPSA) is 130 Å². The van der Waals surface area contributed by atoms with Gasteiger partial charge in [-0.1, -0.05) is 6.07 Å². The van der Waals surface area contributed by atoms with Crippen LogP contribution in [0.1, 0.15) is 15.9 Å². The first-order valence-corrected chi connectivity index (χ1v) is 6.00. The Morgan fingerprint density at radius 1 is 1.30 bits per heavy atom. The highest BCUT2D eigenvalue weighted by molar-refractivity contribution is 5.93. The number of primary amides is 1. The molecule has 0 bridgehead atoms. The Labute approximate surface area is 115 Å². The van der Waals surface area contributed by atoms with Crippen LogP contribution in [0.4, 0.5) is 5.69 Å². The van der Waals surface area contributed by atoms with Crippen LogP contribution in [-0.2, 0) is 6.54 Å². The van der Waals surface area contributed by atoms with Crippen molar-refractivity contribution in [3.63, 3.8) is 0 Å². The average molecular weight is 283 g/mol. The SMILES string of the molecule is NC(=O)c1ccc(CN(CCO)CCO)c([N+](=O)[O-])c1. The van der Waals surface area contributed by atoms with E-state index in [1.165, 1.54) is 12.1 Å². The van der Waals surface area contributed by atoms with Crippen LogP contribution in [0.25, 0.3) is 0 Å². The second-order valence-electron chi connectivity index (χ2n) is 4.19. The van der Waals surface area contributed by atoms with Gasteiger partial charge in [0.2, 0.25) is 5.91 Å². The number of carbonyl (C=O) groups is 1. The van der Waals surface area contributed by atoms with Gasteiger partial charge in [-0.15, -0.1) is 0 Å². The van der Waals surface area contributed by atoms with Gasteiger partial charge >= 0.3 is 0 Å². The fourth-order valence-corrected chi connectivity index (χ4v) is 1.81. The summed E-state index contributed by atoms with van der Waals surface area (Å²) in [6.45, 7) is 0.529. The number of nitro benzene ring substituents is 1. The number of aliphatic hydroxyl groups is 2. The number of nitrogens with two attached hydrogens (primary N) is 1. The van der Waals surface area contributed by atoms with Crippen LogP contribution < -0.4 is 5.73 Å². The van der Waals surface area contributed by atoms with Gasteiger partial charge in [0.1, 0.15) is 0 Å². The fourth-order valence-electron chi connectivity index (χ4n) is 1.81. The number of rotatable bonds is 8. The third kappa shape index (κ3) is 4.26. The van der Waals surface area contributed by atoms with Gasteiger partial charge < -0.3 is 15.9 Å². The van der Waals surface area contributed by atoms with E-state index in [2.05, 4.69) is 0 Å². The Bertz CT molecular complexity index is 486. The minimum Gasteiger partial charge on any atom is -0.395 e. The summed E-state index contributed by atoms with van der Waals surface area (Å²) in [4.78, 5) is 23.2. The zero-order chi connectivity index (χ0) is 15.1. The maximum Gasteiger partial charge on any atom is 0.274 e. The first-order chi connectivity index (χ1) is 9.49. The maximum absolute atomic E-state index is 11.0. The Hall–Kier alpha value is -2.03. The normalized spacial score (nSPS) is 10.8. The lowest BCUT2D eigenvalue weighted by atomic mass is 10.1. The van der Waals surface area contributed by atoms with Crippen LogP contribution in [0, 0.1) is 10.1 Å². The summed E-state index contributed by atoms with van der Waals surface area (Å²) in [5, 5.41) is 28.9. The number of amides is 1. The molecule has 0 radical (unpaired) electrons. The lowest BCUT2D eigenvalue weighted by Crippen LogP contribution is -2.29. The highest BCUT2D eigenvalue weighted by Gasteiger charge is 2.18. The molecule has 8 heteroatoms. The molecule has 0 unspecified atom stereocenters. The Balaban J connectivity index is 3.03. The Kier molecular flexibility index (Phi) is 6.04. The van der Waals surface area contributed by atoms with Crippen LogP contribution in [0.15, 0.2) is 18.2 Å². The first-order valence-electron chi connectivity index (χ1n) is 6.00. The Morgan fingerprint density at radius 3 is 2.35 bits per heavy atom. The third-order valence-corrected chi connectivity index (χ3v) is 2.79. The molecule has 0 aliphatic rings. The van der Waals surface area contributed by atoms with Crippen molar-refractivity contribution in [1.82, 2.24) is 4.90 Å². The molecule has 1 rings (SSSR count). The van der Waals surface area contributed by atoms with Crippen molar-refractivity contribution >= 4 is 11.6 Å². The van der Waals surface area contributed by atoms with Gasteiger partial charge in [0.25, 0.3) is 5.69 Å². The number of hydrogen-bond donors (Lipinski definition) is 3. The van der Waals surface area contributed by atoms with Crippen molar-refractivity contribution in [1.29, 1.82) is 0 Å². The predicted octanol–water partition coefficient (Wildman–Crippen LogP) is -0.520. The van der Waals surface area contributed by atoms with Crippen molar-refractivity contribution in [2.75, 3.05) is 26.3 Å². The standard InChI is InChI=1S/C12H17N3O5/c13-12(18)9-1-2-10(11(7-9)15(19)20)8-14(3-5-16)4-6-17/h1-2,7,16-17H,3-6,8H2,(H2,13,18). The predicted molar refractivity (Wildman–Crippen MR) is 71.1 cm³/mol. The molecule has 0 fully saturated rings. The number of nitro groups is 1. The summed E-state index contributed by atoms with van der Waals surface area (Å²) in [6.07, 6.45) is 0. The van der Waals surface area contributed by atoms with Crippen LogP contribution >= 0.6 is 0 Å². The van der Waals surface area contributed by atoms with Crippen LogP contribution in [0.5, 0.6) is 0 Å². The molecule has 0 saturated heterocycles. The summed E-state index contributed by atoms with van der Waals surface area (Å²) >= 11 is 0. The van der Waals surface area contributed by atoms with E-state index in [1.807, 2.05) is 0 Å². The van der Waals surface area contributed by atoms with Gasteiger partial charge in [0.15, 0.2) is 0 Å². The summed E-state index contributed by atoms with van der Waals surface area (Å²) in [5.74, 6) is -0.734. The fraction of sp³-hybridized carbons (Fsp3) is 0.417. The molecule has 0 atom stereocenters. The molecule has 1 amide bonds. The molecule has 0 saturated carbocycles. The van der Waals surface area contributed by atoms with E-state index in [-0.39, 0.29) is 44.1 Å². The number of carbonyl (C=O) groups excluding carboxylic acids is 1. The van der Waals surface area contributed by atoms with Crippen LogP contribution in [0.2, 0.25) is 0 Å². The van der Waals surface area contributed by atoms with Crippen molar-refractivity contribution in [3.8, 4) is 0 Å². The highest BCUT2D eigenvalue weighted by atomic mass is 16.6. The van der Waals surface area contributed by atoms with Crippen LogP contribution in [0.3, 0.4) is 0 Å². The quantitative estimate of drug-likeness (QED) is 0.435. The van der Waals surface area contributed by atoms with Gasteiger partial charge in [-0.2, -0.15) is 0 Å². The molecule has 1 aromatic carbocycles. The number of aliphatic hydroxyl groups excluding tert-OH is 2. The molecule has 0 heterocycles. The minimum atomic E-state index is -0.734. The molecule has 0 aromatic heterocycles. The second kappa shape index (κ2) is 7.53. The molecule has 0 spiro atoms. The van der Waals surface area contributed by atoms with Gasteiger partial charge in [-0.25, -0.2) is 0 Å². The van der Waals surface area contributed by atoms with E-state index >= 15 is 0 Å². The monoisotopic (exact) mass is 283 g/mol. The van der Waals surface area contributed by atoms with E-state index in [0.29, 0.717) is 5.56 Å². The van der Waals surface area contributed by atoms with Crippen molar-refractivity contribution in [2.24, 2.45) is 5.73 Å². The number of benzene rings is 1. The van der Waals surface area contributed by atoms with Crippen LogP contribution in [-0.4, -0.2) is 52.2 Å². The lowest BCUT2D eigenvalue weighted by Gasteiger charge is -2.20. The zero-order valence-corrected chi connectivity index (χ0v) is 10.9. The number of hydrogen-bond acceptors (Lipinski definition) is 6. The first kappa shape index (κ1) is 16.0. The Morgan fingerprint density at radius 2 is 1.90 bits per heavy atom. The van der Waals surface area contributed by atoms with E-state index in [4.69, 9.17) is 15.9 Å². The molecular weight excluding hydrogens is 266 g/mol. The average Bonchev–Trinajstić information content (AvgIpc) is 2.39. The summed E-state index contributed by atoms with van der Waals surface area (Å²) < 4.78 is 0. The van der Waals surface area contributed by atoms with Gasteiger partial charge in [0, 0.05) is 36.8 Å². The van der Waals surface area contributed by atoms with Crippen molar-refractivity contribution in [2.45, 2.75) is 6.54 Å². The second-order valence-corrected chi connectivity index (χ2v) is 4.19. The van der Waals surface area contributed by atoms with E-state index in [9.17, 15) is 14.9 Å². The highest BCUT2D eigenvalue weighted by Crippen LogP contribution is 2.21. The van der Waals surface area contributed by atoms with Gasteiger partial charge in [-0.05, 0) is 6.07 Å². The molecule has 20 heavy (non-hydrogen) atoms. The molecule has 0 aliphatic carbocycles. The molecule has 110 valence electrons. The lowest BCUT2D eigenvalue weighted by molar-refractivity contribution is -0.385. The summed E-state index contributed by atoms with van der Waals surface area (Å²) in [6, 6.07) is 4.01. The maximum atomic E-state index is 11.0. The molecule has 0 aliphatic heterocycles. The zero-order valence-electron chi connectivity index (χ0n) is 10.9. The smallest absolute Gasteiger partial charge is 0.274 e. The third-order valence-electron chi connectivity index (χ3n) is 2.79. The minimum absolute atomic E-state index is 0.0660. The molecule has 8 nitrogen and oxygen atoms in total. The van der Waals surface area contributed by atoms with E-state index in [1.54, 1.807) is 4.90 Å². The molecule has 1 aromatic rings. The van der Waals surface area contributed by atoms with Gasteiger partial charge in [0.05, 0.1) is 18.1 Å². The van der Waals surface area contributed by atoms with Gasteiger partial charge in [-0.3, -0.25) is 19.8 Å². The van der Waals surface area contributed by atoms with Crippen molar-refractivity contribution in [3.05, 3.63) is 39.4 Å². The summed E-state index contributed by atoms with van der Waals surface area (Å²) in [7, 11) is 0.